The van der Waals surface area contributed by atoms with Crippen LogP contribution in [0.4, 0.5) is 4.79 Å². The Labute approximate surface area is 289 Å². The third-order valence-electron chi connectivity index (χ3n) is 9.12. The first-order valence-electron chi connectivity index (χ1n) is 17.6. The van der Waals surface area contributed by atoms with Gasteiger partial charge in [0.1, 0.15) is 18.1 Å². The topological polar surface area (TPSA) is 180 Å². The molecule has 1 aliphatic carbocycles. The zero-order valence-corrected chi connectivity index (χ0v) is 29.4. The quantitative estimate of drug-likeness (QED) is 0.192. The van der Waals surface area contributed by atoms with Gasteiger partial charge in [0.15, 0.2) is 5.78 Å². The second kappa shape index (κ2) is 19.0. The summed E-state index contributed by atoms with van der Waals surface area (Å²) in [5.74, 6) is -3.84. The molecule has 4 N–H and O–H groups in total. The zero-order chi connectivity index (χ0) is 36.1. The van der Waals surface area contributed by atoms with Crippen molar-refractivity contribution in [3.05, 3.63) is 35.9 Å². The number of nitrogens with zero attached hydrogens (tertiary/aromatic N) is 1. The molecule has 2 fully saturated rings. The van der Waals surface area contributed by atoms with Gasteiger partial charge in [0.25, 0.3) is 5.91 Å². The molecule has 1 saturated heterocycles. The van der Waals surface area contributed by atoms with Gasteiger partial charge >= 0.3 is 6.09 Å². The molecule has 270 valence electrons. The Bertz CT molecular complexity index is 1330. The second-order valence-electron chi connectivity index (χ2n) is 13.6. The molecule has 13 nitrogen and oxygen atoms in total. The lowest BCUT2D eigenvalue weighted by atomic mass is 9.83. The number of carbonyl (C=O) groups is 7. The minimum Gasteiger partial charge on any atom is -0.449 e. The van der Waals surface area contributed by atoms with E-state index in [2.05, 4.69) is 21.3 Å². The smallest absolute Gasteiger partial charge is 0.407 e. The largest absolute Gasteiger partial charge is 0.449 e. The maximum absolute atomic E-state index is 14.1. The van der Waals surface area contributed by atoms with E-state index in [4.69, 9.17) is 4.74 Å². The van der Waals surface area contributed by atoms with Crippen molar-refractivity contribution in [2.75, 3.05) is 13.2 Å². The number of ether oxygens (including phenoxy) is 1. The first-order valence-corrected chi connectivity index (χ1v) is 17.6. The molecule has 5 amide bonds. The van der Waals surface area contributed by atoms with Crippen LogP contribution in [0.1, 0.15) is 104 Å². The molecule has 0 aromatic heterocycles. The van der Waals surface area contributed by atoms with Crippen LogP contribution in [-0.2, 0) is 33.5 Å². The van der Waals surface area contributed by atoms with E-state index in [0.717, 1.165) is 32.1 Å². The van der Waals surface area contributed by atoms with Crippen LogP contribution in [-0.4, -0.2) is 83.5 Å². The van der Waals surface area contributed by atoms with Crippen molar-refractivity contribution in [1.29, 1.82) is 0 Å². The molecule has 1 aromatic rings. The fraction of sp³-hybridized carbons (Fsp3) is 0.639. The Balaban J connectivity index is 1.67. The third-order valence-corrected chi connectivity index (χ3v) is 9.12. The molecule has 1 aromatic carbocycles. The van der Waals surface area contributed by atoms with Gasteiger partial charge in [-0.2, -0.15) is 0 Å². The Kier molecular flexibility index (Phi) is 15.2. The van der Waals surface area contributed by atoms with Crippen LogP contribution in [0, 0.1) is 11.8 Å². The van der Waals surface area contributed by atoms with Gasteiger partial charge in [0.2, 0.25) is 23.5 Å². The molecule has 5 atom stereocenters. The van der Waals surface area contributed by atoms with E-state index in [1.807, 2.05) is 20.8 Å². The van der Waals surface area contributed by atoms with Crippen LogP contribution in [0.2, 0.25) is 0 Å². The highest BCUT2D eigenvalue weighted by Crippen LogP contribution is 2.31. The van der Waals surface area contributed by atoms with Crippen molar-refractivity contribution >= 4 is 41.3 Å². The predicted octanol–water partition coefficient (Wildman–Crippen LogP) is 3.11. The Morgan fingerprint density at radius 1 is 0.898 bits per heavy atom. The summed E-state index contributed by atoms with van der Waals surface area (Å²) >= 11 is 0. The second-order valence-corrected chi connectivity index (χ2v) is 13.6. The lowest BCUT2D eigenvalue weighted by molar-refractivity contribution is -0.144. The van der Waals surface area contributed by atoms with Gasteiger partial charge in [0.05, 0.1) is 19.2 Å². The molecular weight excluding hydrogens is 630 g/mol. The third kappa shape index (κ3) is 11.4. The number of likely N-dealkylation sites (tertiary alicyclic amines) is 1. The summed E-state index contributed by atoms with van der Waals surface area (Å²) in [6, 6.07) is 4.50. The zero-order valence-electron chi connectivity index (χ0n) is 29.4. The Morgan fingerprint density at radius 2 is 1.57 bits per heavy atom. The summed E-state index contributed by atoms with van der Waals surface area (Å²) in [4.78, 5) is 92.9. The van der Waals surface area contributed by atoms with Crippen molar-refractivity contribution < 1.29 is 38.3 Å². The van der Waals surface area contributed by atoms with Crippen LogP contribution in [0.25, 0.3) is 0 Å². The van der Waals surface area contributed by atoms with Crippen LogP contribution < -0.4 is 21.3 Å². The van der Waals surface area contributed by atoms with Crippen LogP contribution in [0.5, 0.6) is 0 Å². The van der Waals surface area contributed by atoms with Crippen molar-refractivity contribution in [1.82, 2.24) is 26.2 Å². The van der Waals surface area contributed by atoms with E-state index in [1.165, 1.54) is 11.8 Å². The van der Waals surface area contributed by atoms with Gasteiger partial charge < -0.3 is 30.9 Å². The highest BCUT2D eigenvalue weighted by molar-refractivity contribution is 6.38. The number of hydrogen-bond acceptors (Lipinski definition) is 8. The van der Waals surface area contributed by atoms with Gasteiger partial charge in [-0.15, -0.1) is 0 Å². The number of rotatable bonds is 16. The highest BCUT2D eigenvalue weighted by Gasteiger charge is 2.44. The Hall–Kier alpha value is -4.29. The van der Waals surface area contributed by atoms with E-state index >= 15 is 0 Å². The molecule has 13 heteroatoms. The summed E-state index contributed by atoms with van der Waals surface area (Å²) in [5.41, 5.74) is 0.581. The molecule has 1 saturated carbocycles. The molecule has 0 bridgehead atoms. The summed E-state index contributed by atoms with van der Waals surface area (Å²) < 4.78 is 5.34. The number of nitrogens with one attached hydrogen (secondary N) is 4. The van der Waals surface area contributed by atoms with E-state index in [1.54, 1.807) is 37.3 Å². The molecule has 2 aliphatic rings. The maximum Gasteiger partial charge on any atom is 0.407 e. The average Bonchev–Trinajstić information content (AvgIpc) is 3.48. The van der Waals surface area contributed by atoms with E-state index in [0.29, 0.717) is 24.8 Å². The number of Topliss-reactive ketones (excluding diaryl/α,β-unsaturated/α-hetero) is 2. The minimum absolute atomic E-state index is 0.0990. The normalized spacial score (nSPS) is 19.7. The molecule has 0 radical (unpaired) electrons. The molecule has 1 heterocycles. The van der Waals surface area contributed by atoms with Gasteiger partial charge in [-0.1, -0.05) is 76.8 Å². The predicted molar refractivity (Wildman–Crippen MR) is 182 cm³/mol. The number of alkyl carbamates (subject to hydrolysis) is 1. The van der Waals surface area contributed by atoms with Crippen molar-refractivity contribution in [2.45, 2.75) is 123 Å². The lowest BCUT2D eigenvalue weighted by Gasteiger charge is -2.36. The van der Waals surface area contributed by atoms with Gasteiger partial charge in [-0.3, -0.25) is 28.8 Å². The van der Waals surface area contributed by atoms with Gasteiger partial charge in [-0.25, -0.2) is 4.79 Å². The fourth-order valence-electron chi connectivity index (χ4n) is 6.54. The Morgan fingerprint density at radius 3 is 2.18 bits per heavy atom. The molecule has 3 unspecified atom stereocenters. The standard InChI is InChI=1S/C36H53N5O8/c1-6-13-27(32(44)34(46)37-20-29(43)39-30(24(5)42)25-14-9-7-10-15-25)38-33(45)28-19-18-23(4)41(28)35(47)31(26-16-11-8-12-17-26)40-36(48)49-21-22(2)3/h7,9-10,14-15,22-23,26-28,30-31H,6,8,11-13,16-21H2,1-5H3,(H,37,46)(H,38,45)(H,39,43)(H,40,48)/t23?,27?,28-,30?,31-/m0/s1. The SMILES string of the molecule is CCCC(NC(=O)[C@@H]1CCC(C)N1C(=O)[C@@H](NC(=O)OCC(C)C)C1CCCCC1)C(=O)C(=O)NCC(=O)NC(C(C)=O)c1ccccc1. The number of benzene rings is 1. The van der Waals surface area contributed by atoms with E-state index < -0.39 is 60.3 Å². The monoisotopic (exact) mass is 683 g/mol. The first-order chi connectivity index (χ1) is 23.3. The fourth-order valence-corrected chi connectivity index (χ4v) is 6.54. The molecule has 1 aliphatic heterocycles. The van der Waals surface area contributed by atoms with Crippen LogP contribution >= 0.6 is 0 Å². The summed E-state index contributed by atoms with van der Waals surface area (Å²) in [5, 5.41) is 10.4. The molecule has 0 spiro atoms. The number of carbonyl (C=O) groups excluding carboxylic acids is 7. The first kappa shape index (κ1) is 39.2. The van der Waals surface area contributed by atoms with E-state index in [9.17, 15) is 33.6 Å². The van der Waals surface area contributed by atoms with Crippen LogP contribution in [0.3, 0.4) is 0 Å². The van der Waals surface area contributed by atoms with Crippen molar-refractivity contribution in [3.63, 3.8) is 0 Å². The lowest BCUT2D eigenvalue weighted by Crippen LogP contribution is -2.59. The van der Waals surface area contributed by atoms with Gasteiger partial charge in [-0.05, 0) is 63.4 Å². The minimum atomic E-state index is -1.18. The van der Waals surface area contributed by atoms with Crippen LogP contribution in [0.15, 0.2) is 30.3 Å². The maximum atomic E-state index is 14.1. The summed E-state index contributed by atoms with van der Waals surface area (Å²) in [6.07, 6.45) is 5.32. The molecule has 49 heavy (non-hydrogen) atoms. The molecule has 3 rings (SSSR count). The van der Waals surface area contributed by atoms with Crippen molar-refractivity contribution in [2.24, 2.45) is 11.8 Å². The number of amides is 5. The van der Waals surface area contributed by atoms with Gasteiger partial charge in [0, 0.05) is 6.04 Å². The number of hydrogen-bond donors (Lipinski definition) is 4. The highest BCUT2D eigenvalue weighted by atomic mass is 16.5. The summed E-state index contributed by atoms with van der Waals surface area (Å²) in [7, 11) is 0. The van der Waals surface area contributed by atoms with E-state index in [-0.39, 0.29) is 42.6 Å². The summed E-state index contributed by atoms with van der Waals surface area (Å²) in [6.45, 7) is 8.48. The van der Waals surface area contributed by atoms with Crippen molar-refractivity contribution in [3.8, 4) is 0 Å². The number of ketones is 2. The molecular formula is C36H53N5O8. The average molecular weight is 684 g/mol.